The first-order chi connectivity index (χ1) is 9.81. The third kappa shape index (κ3) is 1.80. The Bertz CT molecular complexity index is 682. The van der Waals surface area contributed by atoms with E-state index in [-0.39, 0.29) is 18.1 Å². The van der Waals surface area contributed by atoms with Crippen LogP contribution in [0.3, 0.4) is 0 Å². The van der Waals surface area contributed by atoms with E-state index in [4.69, 9.17) is 9.47 Å². The third-order valence-electron chi connectivity index (χ3n) is 3.99. The van der Waals surface area contributed by atoms with Crippen molar-refractivity contribution in [1.29, 1.82) is 0 Å². The average Bonchev–Trinajstić information content (AvgIpc) is 2.93. The lowest BCUT2D eigenvalue weighted by atomic mass is 10.1. The van der Waals surface area contributed by atoms with Crippen LogP contribution in [0, 0.1) is 0 Å². The molecule has 1 saturated heterocycles. The fourth-order valence-corrected chi connectivity index (χ4v) is 2.93. The molecule has 0 saturated carbocycles. The number of ether oxygens (including phenoxy) is 2. The SMILES string of the molecule is O=C1CCC(C2COc3ccc4ccccc4c3O2)N1. The van der Waals surface area contributed by atoms with Crippen LogP contribution < -0.4 is 14.8 Å². The van der Waals surface area contributed by atoms with Crippen molar-refractivity contribution in [2.24, 2.45) is 0 Å². The molecule has 0 bridgehead atoms. The summed E-state index contributed by atoms with van der Waals surface area (Å²) in [4.78, 5) is 11.3. The predicted molar refractivity (Wildman–Crippen MR) is 75.0 cm³/mol. The molecular weight excluding hydrogens is 254 g/mol. The van der Waals surface area contributed by atoms with Gasteiger partial charge in [0, 0.05) is 11.8 Å². The van der Waals surface area contributed by atoms with E-state index in [1.165, 1.54) is 0 Å². The second-order valence-electron chi connectivity index (χ2n) is 5.29. The van der Waals surface area contributed by atoms with Crippen LogP contribution in [0.15, 0.2) is 36.4 Å². The number of amides is 1. The molecule has 4 rings (SSSR count). The molecule has 4 nitrogen and oxygen atoms in total. The molecule has 4 heteroatoms. The Balaban J connectivity index is 1.70. The fourth-order valence-electron chi connectivity index (χ4n) is 2.93. The second-order valence-corrected chi connectivity index (χ2v) is 5.29. The molecule has 2 unspecified atom stereocenters. The molecule has 102 valence electrons. The number of hydrogen-bond donors (Lipinski definition) is 1. The number of fused-ring (bicyclic) bond motifs is 3. The summed E-state index contributed by atoms with van der Waals surface area (Å²) in [7, 11) is 0. The number of hydrogen-bond acceptors (Lipinski definition) is 3. The van der Waals surface area contributed by atoms with Crippen molar-refractivity contribution >= 4 is 16.7 Å². The molecule has 2 aromatic carbocycles. The van der Waals surface area contributed by atoms with Gasteiger partial charge >= 0.3 is 0 Å². The number of benzene rings is 2. The van der Waals surface area contributed by atoms with Gasteiger partial charge in [0.2, 0.25) is 5.91 Å². The fraction of sp³-hybridized carbons (Fsp3) is 0.312. The van der Waals surface area contributed by atoms with E-state index < -0.39 is 0 Å². The zero-order valence-corrected chi connectivity index (χ0v) is 11.0. The molecule has 2 aromatic rings. The van der Waals surface area contributed by atoms with Crippen LogP contribution >= 0.6 is 0 Å². The lowest BCUT2D eigenvalue weighted by molar-refractivity contribution is -0.119. The van der Waals surface area contributed by atoms with Gasteiger partial charge < -0.3 is 14.8 Å². The second kappa shape index (κ2) is 4.40. The van der Waals surface area contributed by atoms with E-state index >= 15 is 0 Å². The maximum absolute atomic E-state index is 11.3. The van der Waals surface area contributed by atoms with Crippen molar-refractivity contribution < 1.29 is 14.3 Å². The van der Waals surface area contributed by atoms with Crippen molar-refractivity contribution in [2.45, 2.75) is 25.0 Å². The van der Waals surface area contributed by atoms with Crippen LogP contribution in [0.5, 0.6) is 11.5 Å². The Kier molecular flexibility index (Phi) is 2.55. The average molecular weight is 269 g/mol. The van der Waals surface area contributed by atoms with Gasteiger partial charge in [-0.25, -0.2) is 0 Å². The number of nitrogens with one attached hydrogen (secondary N) is 1. The van der Waals surface area contributed by atoms with Crippen LogP contribution in [0.4, 0.5) is 0 Å². The minimum absolute atomic E-state index is 0.0506. The third-order valence-corrected chi connectivity index (χ3v) is 3.99. The minimum atomic E-state index is -0.111. The van der Waals surface area contributed by atoms with Crippen LogP contribution in [-0.2, 0) is 4.79 Å². The molecule has 0 aromatic heterocycles. The van der Waals surface area contributed by atoms with Gasteiger partial charge in [0.1, 0.15) is 6.61 Å². The minimum Gasteiger partial charge on any atom is -0.486 e. The topological polar surface area (TPSA) is 47.6 Å². The number of rotatable bonds is 1. The van der Waals surface area contributed by atoms with Crippen molar-refractivity contribution in [3.63, 3.8) is 0 Å². The highest BCUT2D eigenvalue weighted by atomic mass is 16.6. The van der Waals surface area contributed by atoms with Gasteiger partial charge in [-0.15, -0.1) is 0 Å². The zero-order valence-electron chi connectivity index (χ0n) is 11.0. The normalized spacial score (nSPS) is 24.7. The molecule has 1 amide bonds. The Labute approximate surface area is 116 Å². The van der Waals surface area contributed by atoms with Gasteiger partial charge in [-0.05, 0) is 17.9 Å². The highest BCUT2D eigenvalue weighted by molar-refractivity contribution is 5.91. The van der Waals surface area contributed by atoms with Gasteiger partial charge in [-0.2, -0.15) is 0 Å². The van der Waals surface area contributed by atoms with Crippen LogP contribution in [0.1, 0.15) is 12.8 Å². The number of carbonyl (C=O) groups is 1. The highest BCUT2D eigenvalue weighted by Gasteiger charge is 2.34. The van der Waals surface area contributed by atoms with Crippen molar-refractivity contribution in [3.8, 4) is 11.5 Å². The molecule has 1 fully saturated rings. The zero-order chi connectivity index (χ0) is 13.5. The molecule has 2 aliphatic heterocycles. The Morgan fingerprint density at radius 1 is 1.15 bits per heavy atom. The van der Waals surface area contributed by atoms with E-state index in [1.54, 1.807) is 0 Å². The first-order valence-corrected chi connectivity index (χ1v) is 6.92. The van der Waals surface area contributed by atoms with E-state index in [2.05, 4.69) is 11.4 Å². The Hall–Kier alpha value is -2.23. The van der Waals surface area contributed by atoms with Gasteiger partial charge in [0.15, 0.2) is 17.6 Å². The summed E-state index contributed by atoms with van der Waals surface area (Å²) in [5, 5.41) is 5.14. The van der Waals surface area contributed by atoms with Crippen LogP contribution in [0.2, 0.25) is 0 Å². The van der Waals surface area contributed by atoms with E-state index in [0.29, 0.717) is 13.0 Å². The lowest BCUT2D eigenvalue weighted by Gasteiger charge is -2.31. The summed E-state index contributed by atoms with van der Waals surface area (Å²) in [6.07, 6.45) is 1.28. The Morgan fingerprint density at radius 3 is 2.90 bits per heavy atom. The summed E-state index contributed by atoms with van der Waals surface area (Å²) < 4.78 is 12.0. The molecule has 0 aliphatic carbocycles. The first kappa shape index (κ1) is 11.6. The van der Waals surface area contributed by atoms with Crippen LogP contribution in [0.25, 0.3) is 10.8 Å². The molecule has 0 spiro atoms. The molecule has 0 radical (unpaired) electrons. The molecule has 2 heterocycles. The summed E-state index contributed by atoms with van der Waals surface area (Å²) in [5.74, 6) is 1.67. The van der Waals surface area contributed by atoms with Crippen molar-refractivity contribution in [3.05, 3.63) is 36.4 Å². The van der Waals surface area contributed by atoms with E-state index in [9.17, 15) is 4.79 Å². The summed E-state index contributed by atoms with van der Waals surface area (Å²) >= 11 is 0. The van der Waals surface area contributed by atoms with E-state index in [1.807, 2.05) is 30.3 Å². The molecule has 20 heavy (non-hydrogen) atoms. The van der Waals surface area contributed by atoms with E-state index in [0.717, 1.165) is 28.7 Å². The lowest BCUT2D eigenvalue weighted by Crippen LogP contribution is -2.45. The number of carbonyl (C=O) groups excluding carboxylic acids is 1. The smallest absolute Gasteiger partial charge is 0.220 e. The standard InChI is InChI=1S/C16H15NO3/c18-15-8-6-12(17-15)14-9-19-13-7-5-10-3-1-2-4-11(10)16(13)20-14/h1-5,7,12,14H,6,8-9H2,(H,17,18). The summed E-state index contributed by atoms with van der Waals surface area (Å²) in [6.45, 7) is 0.482. The molecule has 2 aliphatic rings. The Morgan fingerprint density at radius 2 is 2.05 bits per heavy atom. The highest BCUT2D eigenvalue weighted by Crippen LogP contribution is 2.39. The quantitative estimate of drug-likeness (QED) is 0.863. The molecule has 1 N–H and O–H groups in total. The maximum Gasteiger partial charge on any atom is 0.220 e. The van der Waals surface area contributed by atoms with Gasteiger partial charge in [-0.1, -0.05) is 30.3 Å². The van der Waals surface area contributed by atoms with Crippen molar-refractivity contribution in [1.82, 2.24) is 5.32 Å². The largest absolute Gasteiger partial charge is 0.486 e. The molecular formula is C16H15NO3. The molecule has 2 atom stereocenters. The van der Waals surface area contributed by atoms with Gasteiger partial charge in [0.25, 0.3) is 0 Å². The summed E-state index contributed by atoms with van der Waals surface area (Å²) in [6, 6.07) is 12.1. The van der Waals surface area contributed by atoms with Gasteiger partial charge in [0.05, 0.1) is 6.04 Å². The van der Waals surface area contributed by atoms with Gasteiger partial charge in [-0.3, -0.25) is 4.79 Å². The monoisotopic (exact) mass is 269 g/mol. The van der Waals surface area contributed by atoms with Crippen LogP contribution in [-0.4, -0.2) is 24.7 Å². The maximum atomic E-state index is 11.3. The first-order valence-electron chi connectivity index (χ1n) is 6.92. The predicted octanol–water partition coefficient (Wildman–Crippen LogP) is 2.26. The summed E-state index contributed by atoms with van der Waals surface area (Å²) in [5.41, 5.74) is 0. The van der Waals surface area contributed by atoms with Crippen molar-refractivity contribution in [2.75, 3.05) is 6.61 Å².